The SMILES string of the molecule is CCOC(OCC)C1=C(C=O)[C@H]2C=C[C@@H]1C2=C(C)C. The van der Waals surface area contributed by atoms with E-state index in [0.717, 1.165) is 17.4 Å². The molecule has 0 heterocycles. The van der Waals surface area contributed by atoms with E-state index < -0.39 is 6.29 Å². The van der Waals surface area contributed by atoms with E-state index in [1.54, 1.807) is 0 Å². The van der Waals surface area contributed by atoms with Crippen molar-refractivity contribution in [1.82, 2.24) is 0 Å². The van der Waals surface area contributed by atoms with Crippen LogP contribution in [0, 0.1) is 11.8 Å². The normalized spacial score (nSPS) is 24.8. The Morgan fingerprint density at radius 2 is 1.79 bits per heavy atom. The van der Waals surface area contributed by atoms with Crippen LogP contribution < -0.4 is 0 Å². The molecule has 0 radical (unpaired) electrons. The molecule has 0 N–H and O–H groups in total. The largest absolute Gasteiger partial charge is 0.349 e. The van der Waals surface area contributed by atoms with Crippen LogP contribution in [-0.2, 0) is 14.3 Å². The van der Waals surface area contributed by atoms with Gasteiger partial charge in [0.05, 0.1) is 0 Å². The Bertz CT molecular complexity index is 447. The van der Waals surface area contributed by atoms with Crippen molar-refractivity contribution in [3.05, 3.63) is 34.4 Å². The van der Waals surface area contributed by atoms with Crippen LogP contribution in [0.2, 0.25) is 0 Å². The maximum atomic E-state index is 11.5. The van der Waals surface area contributed by atoms with Crippen molar-refractivity contribution in [2.75, 3.05) is 13.2 Å². The summed E-state index contributed by atoms with van der Waals surface area (Å²) in [6.45, 7) is 9.24. The van der Waals surface area contributed by atoms with E-state index in [4.69, 9.17) is 9.47 Å². The van der Waals surface area contributed by atoms with E-state index in [-0.39, 0.29) is 11.8 Å². The zero-order chi connectivity index (χ0) is 14.0. The van der Waals surface area contributed by atoms with E-state index in [9.17, 15) is 4.79 Å². The second-order valence-electron chi connectivity index (χ2n) is 5.07. The van der Waals surface area contributed by atoms with Crippen molar-refractivity contribution >= 4 is 6.29 Å². The molecule has 0 fully saturated rings. The van der Waals surface area contributed by atoms with Gasteiger partial charge in [-0.15, -0.1) is 0 Å². The van der Waals surface area contributed by atoms with Gasteiger partial charge >= 0.3 is 0 Å². The highest BCUT2D eigenvalue weighted by molar-refractivity contribution is 5.82. The lowest BCUT2D eigenvalue weighted by Crippen LogP contribution is -2.24. The van der Waals surface area contributed by atoms with Gasteiger partial charge in [-0.25, -0.2) is 0 Å². The quantitative estimate of drug-likeness (QED) is 0.419. The summed E-state index contributed by atoms with van der Waals surface area (Å²) in [4.78, 5) is 11.5. The number of carbonyl (C=O) groups is 1. The lowest BCUT2D eigenvalue weighted by Gasteiger charge is -2.23. The standard InChI is InChI=1S/C16H22O3/c1-5-18-16(19-6-2)15-12-8-7-11(13(15)9-17)14(12)10(3)4/h7-9,11-12,16H,5-6H2,1-4H3/t11-,12-/m1/s1. The molecule has 0 aliphatic heterocycles. The fraction of sp³-hybridized carbons (Fsp3) is 0.562. The number of aldehydes is 1. The minimum absolute atomic E-state index is 0.130. The number of fused-ring (bicyclic) bond motifs is 2. The van der Waals surface area contributed by atoms with E-state index in [2.05, 4.69) is 26.0 Å². The number of carbonyl (C=O) groups excluding carboxylic acids is 1. The first-order valence-electron chi connectivity index (χ1n) is 6.93. The molecule has 0 saturated carbocycles. The average Bonchev–Trinajstić information content (AvgIpc) is 2.93. The highest BCUT2D eigenvalue weighted by atomic mass is 16.7. The monoisotopic (exact) mass is 262 g/mol. The number of ether oxygens (including phenoxy) is 2. The number of rotatable bonds is 6. The Balaban J connectivity index is 2.40. The second kappa shape index (κ2) is 5.85. The van der Waals surface area contributed by atoms with Gasteiger partial charge in [0.2, 0.25) is 0 Å². The molecule has 2 rings (SSSR count). The highest BCUT2D eigenvalue weighted by Crippen LogP contribution is 2.50. The van der Waals surface area contributed by atoms with Crippen LogP contribution in [0.3, 0.4) is 0 Å². The summed E-state index contributed by atoms with van der Waals surface area (Å²) in [5.74, 6) is 0.309. The molecule has 0 aromatic carbocycles. The van der Waals surface area contributed by atoms with E-state index >= 15 is 0 Å². The van der Waals surface area contributed by atoms with Gasteiger partial charge in [0.15, 0.2) is 6.29 Å². The number of hydrogen-bond acceptors (Lipinski definition) is 3. The van der Waals surface area contributed by atoms with Gasteiger partial charge in [-0.3, -0.25) is 4.79 Å². The first-order valence-corrected chi connectivity index (χ1v) is 6.93. The minimum Gasteiger partial charge on any atom is -0.349 e. The topological polar surface area (TPSA) is 35.5 Å². The van der Waals surface area contributed by atoms with Crippen LogP contribution in [0.15, 0.2) is 34.4 Å². The Morgan fingerprint density at radius 3 is 2.26 bits per heavy atom. The minimum atomic E-state index is -0.399. The molecule has 3 heteroatoms. The van der Waals surface area contributed by atoms with Crippen LogP contribution >= 0.6 is 0 Å². The van der Waals surface area contributed by atoms with E-state index in [0.29, 0.717) is 13.2 Å². The molecule has 3 nitrogen and oxygen atoms in total. The number of hydrogen-bond donors (Lipinski definition) is 0. The summed E-state index contributed by atoms with van der Waals surface area (Å²) < 4.78 is 11.4. The Hall–Kier alpha value is -1.19. The predicted octanol–water partition coefficient (Wildman–Crippen LogP) is 3.03. The first-order chi connectivity index (χ1) is 9.15. The van der Waals surface area contributed by atoms with Crippen LogP contribution in [0.5, 0.6) is 0 Å². The summed E-state index contributed by atoms with van der Waals surface area (Å²) in [5, 5.41) is 0. The predicted molar refractivity (Wildman–Crippen MR) is 74.6 cm³/mol. The van der Waals surface area contributed by atoms with E-state index in [1.165, 1.54) is 11.1 Å². The molecular formula is C16H22O3. The van der Waals surface area contributed by atoms with Gasteiger partial charge in [0.25, 0.3) is 0 Å². The summed E-state index contributed by atoms with van der Waals surface area (Å²) in [7, 11) is 0. The summed E-state index contributed by atoms with van der Waals surface area (Å²) in [5.41, 5.74) is 4.43. The van der Waals surface area contributed by atoms with Crippen molar-refractivity contribution in [1.29, 1.82) is 0 Å². The third kappa shape index (κ3) is 2.33. The third-order valence-electron chi connectivity index (χ3n) is 3.76. The molecule has 2 atom stereocenters. The Kier molecular flexibility index (Phi) is 4.38. The van der Waals surface area contributed by atoms with Crippen molar-refractivity contribution < 1.29 is 14.3 Å². The highest BCUT2D eigenvalue weighted by Gasteiger charge is 2.43. The van der Waals surface area contributed by atoms with Gasteiger partial charge in [-0.05, 0) is 33.3 Å². The van der Waals surface area contributed by atoms with Crippen LogP contribution in [0.1, 0.15) is 27.7 Å². The molecule has 0 spiro atoms. The maximum Gasteiger partial charge on any atom is 0.181 e. The molecule has 0 aromatic heterocycles. The smallest absolute Gasteiger partial charge is 0.181 e. The van der Waals surface area contributed by atoms with Gasteiger partial charge in [-0.2, -0.15) is 0 Å². The summed E-state index contributed by atoms with van der Waals surface area (Å²) in [6, 6.07) is 0. The summed E-state index contributed by atoms with van der Waals surface area (Å²) in [6.07, 6.45) is 4.86. The van der Waals surface area contributed by atoms with Gasteiger partial charge in [-0.1, -0.05) is 17.7 Å². The van der Waals surface area contributed by atoms with Crippen LogP contribution in [-0.4, -0.2) is 25.8 Å². The molecule has 0 saturated heterocycles. The van der Waals surface area contributed by atoms with Gasteiger partial charge < -0.3 is 9.47 Å². The number of allylic oxidation sites excluding steroid dienone is 5. The van der Waals surface area contributed by atoms with Crippen molar-refractivity contribution in [3.8, 4) is 0 Å². The zero-order valence-electron chi connectivity index (χ0n) is 12.1. The molecule has 0 unspecified atom stereocenters. The molecule has 104 valence electrons. The van der Waals surface area contributed by atoms with Crippen molar-refractivity contribution in [2.45, 2.75) is 34.0 Å². The lowest BCUT2D eigenvalue weighted by atomic mass is 9.95. The fourth-order valence-corrected chi connectivity index (χ4v) is 3.10. The molecule has 2 aliphatic carbocycles. The summed E-state index contributed by atoms with van der Waals surface area (Å²) >= 11 is 0. The Labute approximate surface area is 115 Å². The third-order valence-corrected chi connectivity index (χ3v) is 3.76. The van der Waals surface area contributed by atoms with Crippen molar-refractivity contribution in [3.63, 3.8) is 0 Å². The molecule has 19 heavy (non-hydrogen) atoms. The van der Waals surface area contributed by atoms with Crippen LogP contribution in [0.25, 0.3) is 0 Å². The van der Waals surface area contributed by atoms with E-state index in [1.807, 2.05) is 13.8 Å². The lowest BCUT2D eigenvalue weighted by molar-refractivity contribution is -0.116. The maximum absolute atomic E-state index is 11.5. The molecule has 0 amide bonds. The molecule has 2 bridgehead atoms. The van der Waals surface area contributed by atoms with Gasteiger partial charge in [0.1, 0.15) is 6.29 Å². The second-order valence-corrected chi connectivity index (χ2v) is 5.07. The fourth-order valence-electron chi connectivity index (χ4n) is 3.10. The molecule has 2 aliphatic rings. The van der Waals surface area contributed by atoms with Crippen molar-refractivity contribution in [2.24, 2.45) is 11.8 Å². The average molecular weight is 262 g/mol. The molecular weight excluding hydrogens is 240 g/mol. The van der Waals surface area contributed by atoms with Gasteiger partial charge in [0, 0.05) is 36.2 Å². The Morgan fingerprint density at radius 1 is 1.21 bits per heavy atom. The van der Waals surface area contributed by atoms with Crippen LogP contribution in [0.4, 0.5) is 0 Å². The molecule has 0 aromatic rings. The zero-order valence-corrected chi connectivity index (χ0v) is 12.1. The first kappa shape index (κ1) is 14.2.